The summed E-state index contributed by atoms with van der Waals surface area (Å²) >= 11 is 0. The van der Waals surface area contributed by atoms with Crippen LogP contribution in [0.15, 0.2) is 29.2 Å². The Labute approximate surface area is 116 Å². The molecule has 0 amide bonds. The van der Waals surface area contributed by atoms with Crippen LogP contribution in [0.3, 0.4) is 0 Å². The Morgan fingerprint density at radius 2 is 1.89 bits per heavy atom. The highest BCUT2D eigenvalue weighted by atomic mass is 32.2. The van der Waals surface area contributed by atoms with Crippen molar-refractivity contribution in [2.75, 3.05) is 11.1 Å². The van der Waals surface area contributed by atoms with Gasteiger partial charge in [-0.25, -0.2) is 8.42 Å². The Balaban J connectivity index is 1.94. The molecule has 0 radical (unpaired) electrons. The first kappa shape index (κ1) is 14.4. The fraction of sp³-hybridized carbons (Fsp3) is 0.600. The van der Waals surface area contributed by atoms with E-state index in [-0.39, 0.29) is 5.75 Å². The number of benzene rings is 1. The summed E-state index contributed by atoms with van der Waals surface area (Å²) in [6.45, 7) is 3.86. The van der Waals surface area contributed by atoms with Crippen LogP contribution in [0, 0.1) is 5.92 Å². The second-order valence-corrected chi connectivity index (χ2v) is 7.78. The van der Waals surface area contributed by atoms with Gasteiger partial charge in [0.25, 0.3) is 0 Å². The number of hydrogen-bond acceptors (Lipinski definition) is 3. The predicted molar refractivity (Wildman–Crippen MR) is 79.2 cm³/mol. The minimum atomic E-state index is -3.09. The van der Waals surface area contributed by atoms with E-state index in [1.807, 2.05) is 12.1 Å². The molecule has 1 saturated carbocycles. The van der Waals surface area contributed by atoms with Crippen molar-refractivity contribution in [3.63, 3.8) is 0 Å². The van der Waals surface area contributed by atoms with Crippen LogP contribution in [0.4, 0.5) is 5.69 Å². The van der Waals surface area contributed by atoms with Gasteiger partial charge in [-0.2, -0.15) is 0 Å². The standard InChI is InChI=1S/C15H23NO2S/c1-3-19(17,18)15-9-7-14(8-10-15)16-12(2)11-13-5-4-6-13/h7-10,12-13,16H,3-6,11H2,1-2H3. The van der Waals surface area contributed by atoms with Crippen LogP contribution in [0.2, 0.25) is 0 Å². The minimum absolute atomic E-state index is 0.151. The van der Waals surface area contributed by atoms with Crippen LogP contribution in [0.25, 0.3) is 0 Å². The molecule has 0 bridgehead atoms. The first-order valence-corrected chi connectivity index (χ1v) is 8.76. The van der Waals surface area contributed by atoms with Crippen LogP contribution in [0.1, 0.15) is 39.5 Å². The van der Waals surface area contributed by atoms with E-state index in [0.29, 0.717) is 10.9 Å². The molecular weight excluding hydrogens is 258 g/mol. The highest BCUT2D eigenvalue weighted by Gasteiger charge is 2.19. The van der Waals surface area contributed by atoms with Gasteiger partial charge in [-0.05, 0) is 43.5 Å². The van der Waals surface area contributed by atoms with E-state index in [4.69, 9.17) is 0 Å². The molecule has 1 aromatic carbocycles. The zero-order valence-corrected chi connectivity index (χ0v) is 12.5. The first-order valence-electron chi connectivity index (χ1n) is 7.10. The van der Waals surface area contributed by atoms with Gasteiger partial charge in [-0.15, -0.1) is 0 Å². The summed E-state index contributed by atoms with van der Waals surface area (Å²) in [4.78, 5) is 0.409. The predicted octanol–water partition coefficient (Wildman–Crippen LogP) is 3.47. The maximum Gasteiger partial charge on any atom is 0.178 e. The molecule has 1 aromatic rings. The molecule has 2 rings (SSSR count). The summed E-state index contributed by atoms with van der Waals surface area (Å²) in [5, 5.41) is 3.44. The molecule has 0 spiro atoms. The lowest BCUT2D eigenvalue weighted by Gasteiger charge is -2.28. The molecule has 1 aliphatic carbocycles. The Morgan fingerprint density at radius 3 is 2.37 bits per heavy atom. The average molecular weight is 281 g/mol. The number of sulfone groups is 1. The van der Waals surface area contributed by atoms with Crippen molar-refractivity contribution in [2.24, 2.45) is 5.92 Å². The van der Waals surface area contributed by atoms with Crippen molar-refractivity contribution < 1.29 is 8.42 Å². The Bertz CT molecular complexity index is 503. The van der Waals surface area contributed by atoms with Crippen LogP contribution in [-0.4, -0.2) is 20.2 Å². The lowest BCUT2D eigenvalue weighted by molar-refractivity contribution is 0.286. The molecule has 1 atom stereocenters. The fourth-order valence-corrected chi connectivity index (χ4v) is 3.38. The summed E-state index contributed by atoms with van der Waals surface area (Å²) in [5.41, 5.74) is 1.00. The Hall–Kier alpha value is -1.03. The van der Waals surface area contributed by atoms with E-state index in [0.717, 1.165) is 11.6 Å². The van der Waals surface area contributed by atoms with E-state index < -0.39 is 9.84 Å². The summed E-state index contributed by atoms with van der Waals surface area (Å²) < 4.78 is 23.4. The average Bonchev–Trinajstić information content (AvgIpc) is 2.35. The third kappa shape index (κ3) is 3.72. The third-order valence-corrected chi connectivity index (χ3v) is 5.67. The van der Waals surface area contributed by atoms with Crippen LogP contribution in [0.5, 0.6) is 0 Å². The van der Waals surface area contributed by atoms with Gasteiger partial charge in [0.15, 0.2) is 9.84 Å². The molecule has 0 saturated heterocycles. The smallest absolute Gasteiger partial charge is 0.178 e. The van der Waals surface area contributed by atoms with Gasteiger partial charge >= 0.3 is 0 Å². The molecular formula is C15H23NO2S. The lowest BCUT2D eigenvalue weighted by atomic mass is 9.81. The number of rotatable bonds is 6. The van der Waals surface area contributed by atoms with Crippen molar-refractivity contribution in [3.05, 3.63) is 24.3 Å². The Morgan fingerprint density at radius 1 is 1.26 bits per heavy atom. The van der Waals surface area contributed by atoms with Gasteiger partial charge in [0, 0.05) is 11.7 Å². The summed E-state index contributed by atoms with van der Waals surface area (Å²) in [7, 11) is -3.09. The van der Waals surface area contributed by atoms with Crippen molar-refractivity contribution in [2.45, 2.75) is 50.5 Å². The highest BCUT2D eigenvalue weighted by molar-refractivity contribution is 7.91. The number of hydrogen-bond donors (Lipinski definition) is 1. The quantitative estimate of drug-likeness (QED) is 0.868. The molecule has 4 heteroatoms. The molecule has 0 heterocycles. The lowest BCUT2D eigenvalue weighted by Crippen LogP contribution is -2.23. The SMILES string of the molecule is CCS(=O)(=O)c1ccc(NC(C)CC2CCC2)cc1. The number of nitrogens with one attached hydrogen (secondary N) is 1. The highest BCUT2D eigenvalue weighted by Crippen LogP contribution is 2.31. The van der Waals surface area contributed by atoms with E-state index in [2.05, 4.69) is 12.2 Å². The fourth-order valence-electron chi connectivity index (χ4n) is 2.50. The van der Waals surface area contributed by atoms with Gasteiger partial charge in [0.05, 0.1) is 10.6 Å². The molecule has 3 nitrogen and oxygen atoms in total. The minimum Gasteiger partial charge on any atom is -0.383 e. The van der Waals surface area contributed by atoms with Crippen molar-refractivity contribution >= 4 is 15.5 Å². The van der Waals surface area contributed by atoms with Crippen LogP contribution in [-0.2, 0) is 9.84 Å². The van der Waals surface area contributed by atoms with E-state index in [1.54, 1.807) is 19.1 Å². The second-order valence-electron chi connectivity index (χ2n) is 5.51. The van der Waals surface area contributed by atoms with Gasteiger partial charge in [-0.3, -0.25) is 0 Å². The molecule has 0 aromatic heterocycles. The summed E-state index contributed by atoms with van der Waals surface area (Å²) in [6.07, 6.45) is 5.30. The van der Waals surface area contributed by atoms with Crippen LogP contribution >= 0.6 is 0 Å². The first-order chi connectivity index (χ1) is 9.01. The maximum absolute atomic E-state index is 11.7. The Kier molecular flexibility index (Phi) is 4.50. The zero-order chi connectivity index (χ0) is 13.9. The normalized spacial score (nSPS) is 17.8. The van der Waals surface area contributed by atoms with Gasteiger partial charge in [0.1, 0.15) is 0 Å². The molecule has 0 aliphatic heterocycles. The van der Waals surface area contributed by atoms with Crippen LogP contribution < -0.4 is 5.32 Å². The number of anilines is 1. The van der Waals surface area contributed by atoms with Gasteiger partial charge in [0.2, 0.25) is 0 Å². The maximum atomic E-state index is 11.7. The molecule has 1 aliphatic rings. The molecule has 1 unspecified atom stereocenters. The van der Waals surface area contributed by atoms with Gasteiger partial charge < -0.3 is 5.32 Å². The summed E-state index contributed by atoms with van der Waals surface area (Å²) in [5.74, 6) is 1.03. The zero-order valence-electron chi connectivity index (χ0n) is 11.7. The van der Waals surface area contributed by atoms with Gasteiger partial charge in [-0.1, -0.05) is 26.2 Å². The molecule has 106 valence electrons. The van der Waals surface area contributed by atoms with E-state index >= 15 is 0 Å². The summed E-state index contributed by atoms with van der Waals surface area (Å²) in [6, 6.07) is 7.55. The van der Waals surface area contributed by atoms with Crippen molar-refractivity contribution in [1.29, 1.82) is 0 Å². The monoisotopic (exact) mass is 281 g/mol. The molecule has 1 fully saturated rings. The molecule has 19 heavy (non-hydrogen) atoms. The van der Waals surface area contributed by atoms with E-state index in [9.17, 15) is 8.42 Å². The second kappa shape index (κ2) is 5.95. The van der Waals surface area contributed by atoms with Crippen molar-refractivity contribution in [1.82, 2.24) is 0 Å². The third-order valence-electron chi connectivity index (χ3n) is 3.92. The topological polar surface area (TPSA) is 46.2 Å². The largest absolute Gasteiger partial charge is 0.383 e. The van der Waals surface area contributed by atoms with Crippen molar-refractivity contribution in [3.8, 4) is 0 Å². The van der Waals surface area contributed by atoms with E-state index in [1.165, 1.54) is 25.7 Å². The molecule has 1 N–H and O–H groups in total.